The van der Waals surface area contributed by atoms with Gasteiger partial charge in [-0.3, -0.25) is 9.88 Å². The summed E-state index contributed by atoms with van der Waals surface area (Å²) in [4.78, 5) is 6.95. The van der Waals surface area contributed by atoms with E-state index in [9.17, 15) is 0 Å². The molecule has 1 aromatic heterocycles. The van der Waals surface area contributed by atoms with Crippen molar-refractivity contribution in [1.82, 2.24) is 9.88 Å². The van der Waals surface area contributed by atoms with Gasteiger partial charge in [-0.25, -0.2) is 0 Å². The highest BCUT2D eigenvalue weighted by Crippen LogP contribution is 2.36. The predicted octanol–water partition coefficient (Wildman–Crippen LogP) is 2.37. The van der Waals surface area contributed by atoms with Gasteiger partial charge < -0.3 is 5.73 Å². The molecular formula is C15H24ClN3. The first-order chi connectivity index (χ1) is 8.74. The van der Waals surface area contributed by atoms with Crippen LogP contribution < -0.4 is 5.73 Å². The molecule has 3 unspecified atom stereocenters. The van der Waals surface area contributed by atoms with Crippen LogP contribution in [-0.2, 0) is 6.54 Å². The van der Waals surface area contributed by atoms with Gasteiger partial charge in [0, 0.05) is 37.6 Å². The maximum absolute atomic E-state index is 6.27. The van der Waals surface area contributed by atoms with Gasteiger partial charge in [-0.1, -0.05) is 12.5 Å². The molecular weight excluding hydrogens is 258 g/mol. The number of likely N-dealkylation sites (tertiary alicyclic amines) is 1. The van der Waals surface area contributed by atoms with Gasteiger partial charge in [0.15, 0.2) is 0 Å². The van der Waals surface area contributed by atoms with Crippen molar-refractivity contribution in [3.05, 3.63) is 29.6 Å². The van der Waals surface area contributed by atoms with Gasteiger partial charge in [-0.15, -0.1) is 12.4 Å². The minimum absolute atomic E-state index is 0. The number of rotatable bonds is 2. The zero-order valence-corrected chi connectivity index (χ0v) is 12.4. The summed E-state index contributed by atoms with van der Waals surface area (Å²) in [5.74, 6) is 1.57. The lowest BCUT2D eigenvalue weighted by Gasteiger charge is -2.29. The Balaban J connectivity index is 0.00000133. The quantitative estimate of drug-likeness (QED) is 0.905. The number of aromatic nitrogens is 1. The molecule has 1 aliphatic heterocycles. The lowest BCUT2D eigenvalue weighted by Crippen LogP contribution is -2.38. The topological polar surface area (TPSA) is 42.2 Å². The molecule has 1 saturated heterocycles. The minimum atomic E-state index is 0. The van der Waals surface area contributed by atoms with Crippen LogP contribution in [0.4, 0.5) is 0 Å². The maximum Gasteiger partial charge on any atom is 0.0417 e. The Hall–Kier alpha value is -0.640. The van der Waals surface area contributed by atoms with Crippen molar-refractivity contribution in [2.45, 2.75) is 38.8 Å². The lowest BCUT2D eigenvalue weighted by molar-refractivity contribution is 0.259. The summed E-state index contributed by atoms with van der Waals surface area (Å²) in [6, 6.07) is 4.67. The number of hydrogen-bond donors (Lipinski definition) is 1. The fourth-order valence-electron chi connectivity index (χ4n) is 3.66. The summed E-state index contributed by atoms with van der Waals surface area (Å²) >= 11 is 0. The maximum atomic E-state index is 6.27. The van der Waals surface area contributed by atoms with Crippen molar-refractivity contribution < 1.29 is 0 Å². The number of nitrogens with zero attached hydrogens (tertiary/aromatic N) is 2. The van der Waals surface area contributed by atoms with Gasteiger partial charge in [-0.05, 0) is 43.2 Å². The van der Waals surface area contributed by atoms with Gasteiger partial charge in [0.25, 0.3) is 0 Å². The molecule has 2 aliphatic rings. The summed E-state index contributed by atoms with van der Waals surface area (Å²) in [5.41, 5.74) is 8.80. The van der Waals surface area contributed by atoms with Crippen LogP contribution in [0.2, 0.25) is 0 Å². The highest BCUT2D eigenvalue weighted by molar-refractivity contribution is 5.85. The Labute approximate surface area is 122 Å². The highest BCUT2D eigenvalue weighted by Gasteiger charge is 2.38. The molecule has 0 radical (unpaired) electrons. The average molecular weight is 282 g/mol. The average Bonchev–Trinajstić information content (AvgIpc) is 2.76. The highest BCUT2D eigenvalue weighted by atomic mass is 35.5. The van der Waals surface area contributed by atoms with Crippen LogP contribution in [0.5, 0.6) is 0 Å². The minimum Gasteiger partial charge on any atom is -0.327 e. The molecule has 4 heteroatoms. The normalized spacial score (nSPS) is 30.7. The van der Waals surface area contributed by atoms with Gasteiger partial charge >= 0.3 is 0 Å². The van der Waals surface area contributed by atoms with Crippen molar-refractivity contribution in [3.63, 3.8) is 0 Å². The van der Waals surface area contributed by atoms with Crippen LogP contribution in [0.1, 0.15) is 30.5 Å². The van der Waals surface area contributed by atoms with Crippen molar-refractivity contribution in [2.75, 3.05) is 13.1 Å². The van der Waals surface area contributed by atoms with Crippen LogP contribution in [0, 0.1) is 18.8 Å². The zero-order chi connectivity index (χ0) is 12.5. The number of hydrogen-bond acceptors (Lipinski definition) is 3. The predicted molar refractivity (Wildman–Crippen MR) is 80.3 cm³/mol. The summed E-state index contributed by atoms with van der Waals surface area (Å²) in [7, 11) is 0. The second-order valence-electron chi connectivity index (χ2n) is 5.96. The van der Waals surface area contributed by atoms with Crippen LogP contribution in [0.15, 0.2) is 18.3 Å². The third-order valence-electron chi connectivity index (χ3n) is 4.74. The van der Waals surface area contributed by atoms with Gasteiger partial charge in [0.2, 0.25) is 0 Å². The van der Waals surface area contributed by atoms with E-state index in [1.807, 2.05) is 12.3 Å². The lowest BCUT2D eigenvalue weighted by atomic mass is 9.78. The third-order valence-corrected chi connectivity index (χ3v) is 4.74. The van der Waals surface area contributed by atoms with Gasteiger partial charge in [0.1, 0.15) is 0 Å². The van der Waals surface area contributed by atoms with E-state index in [1.165, 1.54) is 37.9 Å². The van der Waals surface area contributed by atoms with E-state index in [1.54, 1.807) is 0 Å². The van der Waals surface area contributed by atoms with Crippen molar-refractivity contribution >= 4 is 12.4 Å². The van der Waals surface area contributed by atoms with Gasteiger partial charge in [-0.2, -0.15) is 0 Å². The Morgan fingerprint density at radius 3 is 2.95 bits per heavy atom. The number of fused-ring (bicyclic) bond motifs is 1. The summed E-state index contributed by atoms with van der Waals surface area (Å²) in [6.07, 6.45) is 5.79. The van der Waals surface area contributed by atoms with Crippen LogP contribution in [-0.4, -0.2) is 29.0 Å². The van der Waals surface area contributed by atoms with Crippen molar-refractivity contribution in [3.8, 4) is 0 Å². The molecule has 0 aromatic carbocycles. The second kappa shape index (κ2) is 6.21. The molecule has 19 heavy (non-hydrogen) atoms. The molecule has 1 aromatic rings. The van der Waals surface area contributed by atoms with Gasteiger partial charge in [0.05, 0.1) is 0 Å². The smallest absolute Gasteiger partial charge is 0.0417 e. The fraction of sp³-hybridized carbons (Fsp3) is 0.667. The molecule has 0 amide bonds. The SMILES string of the molecule is Cc1ncccc1CN1CC2CCCC(N)C2C1.Cl. The third kappa shape index (κ3) is 3.10. The number of nitrogens with two attached hydrogens (primary N) is 1. The molecule has 1 saturated carbocycles. The second-order valence-corrected chi connectivity index (χ2v) is 5.96. The molecule has 3 atom stereocenters. The van der Waals surface area contributed by atoms with Crippen molar-refractivity contribution in [1.29, 1.82) is 0 Å². The van der Waals surface area contributed by atoms with E-state index >= 15 is 0 Å². The molecule has 3 rings (SSSR count). The molecule has 1 aliphatic carbocycles. The Morgan fingerprint density at radius 2 is 2.21 bits per heavy atom. The van der Waals surface area contributed by atoms with Crippen molar-refractivity contribution in [2.24, 2.45) is 17.6 Å². The first-order valence-electron chi connectivity index (χ1n) is 7.12. The molecule has 106 valence electrons. The molecule has 0 bridgehead atoms. The van der Waals surface area contributed by atoms with E-state index < -0.39 is 0 Å². The summed E-state index contributed by atoms with van der Waals surface area (Å²) < 4.78 is 0. The zero-order valence-electron chi connectivity index (χ0n) is 11.6. The standard InChI is InChI=1S/C15H23N3.ClH/c1-11-12(5-3-7-17-11)8-18-9-13-4-2-6-15(16)14(13)10-18;/h3,5,7,13-15H,2,4,6,8-10,16H2,1H3;1H. The van der Waals surface area contributed by atoms with E-state index in [0.29, 0.717) is 6.04 Å². The molecule has 3 nitrogen and oxygen atoms in total. The van der Waals surface area contributed by atoms with Crippen LogP contribution >= 0.6 is 12.4 Å². The largest absolute Gasteiger partial charge is 0.327 e. The Morgan fingerprint density at radius 1 is 1.37 bits per heavy atom. The van der Waals surface area contributed by atoms with Crippen LogP contribution in [0.25, 0.3) is 0 Å². The Kier molecular flexibility index (Phi) is 4.82. The molecule has 2 fully saturated rings. The van der Waals surface area contributed by atoms with Crippen LogP contribution in [0.3, 0.4) is 0 Å². The monoisotopic (exact) mass is 281 g/mol. The molecule has 0 spiro atoms. The van der Waals surface area contributed by atoms with E-state index in [4.69, 9.17) is 5.73 Å². The first-order valence-corrected chi connectivity index (χ1v) is 7.12. The molecule has 2 heterocycles. The van der Waals surface area contributed by atoms with E-state index in [2.05, 4.69) is 22.9 Å². The van der Waals surface area contributed by atoms with E-state index in [-0.39, 0.29) is 12.4 Å². The Bertz CT molecular complexity index is 424. The molecule has 2 N–H and O–H groups in total. The van der Waals surface area contributed by atoms with E-state index in [0.717, 1.165) is 24.1 Å². The summed E-state index contributed by atoms with van der Waals surface area (Å²) in [6.45, 7) is 5.55. The number of aryl methyl sites for hydroxylation is 1. The number of pyridine rings is 1. The fourth-order valence-corrected chi connectivity index (χ4v) is 3.66. The summed E-state index contributed by atoms with van der Waals surface area (Å²) in [5, 5.41) is 0. The first kappa shape index (κ1) is 14.8. The number of halogens is 1.